The van der Waals surface area contributed by atoms with Crippen molar-refractivity contribution >= 4 is 5.97 Å². The maximum Gasteiger partial charge on any atom is 0.310 e. The van der Waals surface area contributed by atoms with Gasteiger partial charge in [-0.05, 0) is 61.9 Å². The van der Waals surface area contributed by atoms with Crippen LogP contribution in [-0.4, -0.2) is 17.6 Å². The number of carbonyl (C=O) groups excluding carboxylic acids is 1. The van der Waals surface area contributed by atoms with Crippen LogP contribution in [0.3, 0.4) is 0 Å². The molecule has 166 valence electrons. The molecule has 3 aromatic rings. The number of hydrogen-bond acceptors (Lipinski definition) is 3. The number of hydrogen-bond donors (Lipinski definition) is 0. The normalized spacial score (nSPS) is 13.6. The molecular formula is C29H33NO2. The number of pyridine rings is 1. The second-order valence-electron chi connectivity index (χ2n) is 10.9. The smallest absolute Gasteiger partial charge is 0.310 e. The zero-order chi connectivity index (χ0) is 23.1. The minimum absolute atomic E-state index is 0.0472. The van der Waals surface area contributed by atoms with E-state index in [-0.39, 0.29) is 29.1 Å². The summed E-state index contributed by atoms with van der Waals surface area (Å²) in [5.41, 5.74) is 8.66. The maximum absolute atomic E-state index is 12.6. The van der Waals surface area contributed by atoms with Gasteiger partial charge in [0.15, 0.2) is 0 Å². The molecule has 1 aromatic heterocycles. The van der Waals surface area contributed by atoms with Crippen molar-refractivity contribution in [1.29, 1.82) is 0 Å². The Kier molecular flexibility index (Phi) is 5.70. The van der Waals surface area contributed by atoms with E-state index in [0.29, 0.717) is 6.61 Å². The van der Waals surface area contributed by atoms with Crippen LogP contribution in [0.2, 0.25) is 0 Å². The van der Waals surface area contributed by atoms with E-state index in [1.54, 1.807) is 12.4 Å². The monoisotopic (exact) mass is 427 g/mol. The molecule has 2 aromatic carbocycles. The lowest BCUT2D eigenvalue weighted by molar-refractivity contribution is -0.143. The number of rotatable bonds is 4. The Morgan fingerprint density at radius 2 is 1.31 bits per heavy atom. The van der Waals surface area contributed by atoms with Crippen molar-refractivity contribution in [2.75, 3.05) is 6.61 Å². The van der Waals surface area contributed by atoms with Gasteiger partial charge in [-0.2, -0.15) is 0 Å². The summed E-state index contributed by atoms with van der Waals surface area (Å²) in [5.74, 6) is -0.156. The number of ether oxygens (including phenoxy) is 1. The predicted molar refractivity (Wildman–Crippen MR) is 130 cm³/mol. The topological polar surface area (TPSA) is 39.2 Å². The highest BCUT2D eigenvalue weighted by atomic mass is 16.5. The molecule has 0 amide bonds. The van der Waals surface area contributed by atoms with Gasteiger partial charge in [0.2, 0.25) is 0 Å². The standard InChI is InChI=1S/C29H33NO2/c1-28(2,3)20-7-9-22-23-10-8-21(29(4,5)6)17-25(23)26(24(22)16-20)18-32-27(31)15-19-11-13-30-14-12-19/h7-14,16-17,26H,15,18H2,1-6H3. The van der Waals surface area contributed by atoms with E-state index in [4.69, 9.17) is 4.74 Å². The highest BCUT2D eigenvalue weighted by molar-refractivity contribution is 5.80. The van der Waals surface area contributed by atoms with Crippen molar-refractivity contribution in [3.63, 3.8) is 0 Å². The van der Waals surface area contributed by atoms with E-state index >= 15 is 0 Å². The number of fused-ring (bicyclic) bond motifs is 3. The van der Waals surface area contributed by atoms with E-state index in [2.05, 4.69) is 82.9 Å². The van der Waals surface area contributed by atoms with Crippen molar-refractivity contribution in [3.8, 4) is 11.1 Å². The number of benzene rings is 2. The van der Waals surface area contributed by atoms with Gasteiger partial charge in [-0.15, -0.1) is 0 Å². The lowest BCUT2D eigenvalue weighted by atomic mass is 9.83. The van der Waals surface area contributed by atoms with Gasteiger partial charge in [-0.25, -0.2) is 0 Å². The van der Waals surface area contributed by atoms with E-state index in [0.717, 1.165) is 5.56 Å². The SMILES string of the molecule is CC(C)(C)c1ccc2c(c1)C(COC(=O)Cc1ccncc1)c1cc(C(C)(C)C)ccc1-2. The third kappa shape index (κ3) is 4.48. The van der Waals surface area contributed by atoms with Crippen LogP contribution in [0.1, 0.15) is 75.3 Å². The molecule has 0 saturated carbocycles. The van der Waals surface area contributed by atoms with Crippen molar-refractivity contribution in [1.82, 2.24) is 4.98 Å². The third-order valence-corrected chi connectivity index (χ3v) is 6.38. The molecule has 1 heterocycles. The molecule has 0 atom stereocenters. The zero-order valence-electron chi connectivity index (χ0n) is 20.0. The summed E-state index contributed by atoms with van der Waals surface area (Å²) in [7, 11) is 0. The van der Waals surface area contributed by atoms with Gasteiger partial charge in [0, 0.05) is 18.3 Å². The lowest BCUT2D eigenvalue weighted by Gasteiger charge is -2.22. The summed E-state index contributed by atoms with van der Waals surface area (Å²) in [6.07, 6.45) is 3.67. The van der Waals surface area contributed by atoms with Crippen molar-refractivity contribution in [2.45, 2.75) is 64.7 Å². The van der Waals surface area contributed by atoms with Gasteiger partial charge >= 0.3 is 5.97 Å². The van der Waals surface area contributed by atoms with Gasteiger partial charge in [-0.3, -0.25) is 9.78 Å². The number of esters is 1. The second-order valence-corrected chi connectivity index (χ2v) is 10.9. The molecule has 0 radical (unpaired) electrons. The molecule has 0 N–H and O–H groups in total. The van der Waals surface area contributed by atoms with Gasteiger partial charge in [-0.1, -0.05) is 77.9 Å². The lowest BCUT2D eigenvalue weighted by Crippen LogP contribution is -2.16. The van der Waals surface area contributed by atoms with Crippen molar-refractivity contribution in [3.05, 3.63) is 88.7 Å². The Balaban J connectivity index is 1.67. The molecule has 0 spiro atoms. The van der Waals surface area contributed by atoms with Gasteiger partial charge in [0.25, 0.3) is 0 Å². The van der Waals surface area contributed by atoms with E-state index < -0.39 is 0 Å². The van der Waals surface area contributed by atoms with Crippen LogP contribution in [0.25, 0.3) is 11.1 Å². The second kappa shape index (κ2) is 8.20. The molecule has 1 aliphatic rings. The van der Waals surface area contributed by atoms with Crippen LogP contribution >= 0.6 is 0 Å². The fraction of sp³-hybridized carbons (Fsp3) is 0.379. The Labute approximate surface area is 191 Å². The molecular weight excluding hydrogens is 394 g/mol. The van der Waals surface area contributed by atoms with E-state index in [1.165, 1.54) is 33.4 Å². The fourth-order valence-corrected chi connectivity index (χ4v) is 4.37. The Morgan fingerprint density at radius 3 is 1.78 bits per heavy atom. The van der Waals surface area contributed by atoms with Crippen molar-refractivity contribution in [2.24, 2.45) is 0 Å². The average Bonchev–Trinajstić information content (AvgIpc) is 3.04. The van der Waals surface area contributed by atoms with Crippen LogP contribution < -0.4 is 0 Å². The average molecular weight is 428 g/mol. The van der Waals surface area contributed by atoms with Gasteiger partial charge < -0.3 is 4.74 Å². The Morgan fingerprint density at radius 1 is 0.812 bits per heavy atom. The molecule has 0 aliphatic heterocycles. The van der Waals surface area contributed by atoms with Crippen LogP contribution in [0.5, 0.6) is 0 Å². The molecule has 32 heavy (non-hydrogen) atoms. The van der Waals surface area contributed by atoms with Crippen LogP contribution in [0.4, 0.5) is 0 Å². The summed E-state index contributed by atoms with van der Waals surface area (Å²) in [6.45, 7) is 13.8. The number of aromatic nitrogens is 1. The minimum atomic E-state index is -0.204. The Bertz CT molecular complexity index is 1070. The number of nitrogens with zero attached hydrogens (tertiary/aromatic N) is 1. The van der Waals surface area contributed by atoms with Crippen molar-refractivity contribution < 1.29 is 9.53 Å². The summed E-state index contributed by atoms with van der Waals surface area (Å²) in [4.78, 5) is 16.6. The first-order valence-corrected chi connectivity index (χ1v) is 11.4. The quantitative estimate of drug-likeness (QED) is 0.442. The highest BCUT2D eigenvalue weighted by Crippen LogP contribution is 2.47. The molecule has 0 bridgehead atoms. The molecule has 3 heteroatoms. The largest absolute Gasteiger partial charge is 0.464 e. The highest BCUT2D eigenvalue weighted by Gasteiger charge is 2.32. The fourth-order valence-electron chi connectivity index (χ4n) is 4.37. The third-order valence-electron chi connectivity index (χ3n) is 6.38. The predicted octanol–water partition coefficient (Wildman–Crippen LogP) is 6.57. The minimum Gasteiger partial charge on any atom is -0.464 e. The van der Waals surface area contributed by atoms with E-state index in [9.17, 15) is 4.79 Å². The summed E-state index contributed by atoms with van der Waals surface area (Å²) in [6, 6.07) is 17.3. The molecule has 3 nitrogen and oxygen atoms in total. The van der Waals surface area contributed by atoms with Crippen LogP contribution in [-0.2, 0) is 26.8 Å². The molecule has 1 aliphatic carbocycles. The summed E-state index contributed by atoms with van der Waals surface area (Å²) < 4.78 is 5.84. The van der Waals surface area contributed by atoms with Gasteiger partial charge in [0.05, 0.1) is 6.42 Å². The summed E-state index contributed by atoms with van der Waals surface area (Å²) in [5, 5.41) is 0. The number of carbonyl (C=O) groups is 1. The molecule has 0 saturated heterocycles. The first kappa shape index (κ1) is 22.3. The van der Waals surface area contributed by atoms with Crippen LogP contribution in [0, 0.1) is 0 Å². The van der Waals surface area contributed by atoms with Crippen LogP contribution in [0.15, 0.2) is 60.9 Å². The maximum atomic E-state index is 12.6. The molecule has 4 rings (SSSR count). The summed E-state index contributed by atoms with van der Waals surface area (Å²) >= 11 is 0. The zero-order valence-corrected chi connectivity index (χ0v) is 20.0. The van der Waals surface area contributed by atoms with E-state index in [1.807, 2.05) is 12.1 Å². The van der Waals surface area contributed by atoms with Gasteiger partial charge in [0.1, 0.15) is 6.61 Å². The Hall–Kier alpha value is -2.94. The first-order chi connectivity index (χ1) is 15.0. The first-order valence-electron chi connectivity index (χ1n) is 11.4. The molecule has 0 fully saturated rings. The molecule has 0 unspecified atom stereocenters.